The molecule has 1 N–H and O–H groups in total. The summed E-state index contributed by atoms with van der Waals surface area (Å²) in [5.74, 6) is 1.25. The van der Waals surface area contributed by atoms with Crippen LogP contribution in [0.4, 0.5) is 0 Å². The van der Waals surface area contributed by atoms with Gasteiger partial charge in [0, 0.05) is 34.8 Å². The lowest BCUT2D eigenvalue weighted by Gasteiger charge is -2.38. The van der Waals surface area contributed by atoms with Crippen molar-refractivity contribution >= 4 is 29.3 Å². The number of rotatable bonds is 6. The minimum Gasteiger partial charge on any atom is -0.484 e. The SMILES string of the molecule is CSc1cc(C)[nH]c(=O)c1CN(C)C(=O)c1cc(Cl)c2c(c1C)O[C@@H](C1CCC(N(C)C)CC1)CO2. The Morgan fingerprint density at radius 1 is 1.14 bits per heavy atom. The molecule has 1 atom stereocenters. The Kier molecular flexibility index (Phi) is 8.27. The van der Waals surface area contributed by atoms with Crippen LogP contribution in [0.15, 0.2) is 21.8 Å². The highest BCUT2D eigenvalue weighted by Gasteiger charge is 2.35. The van der Waals surface area contributed by atoms with Crippen LogP contribution >= 0.6 is 23.4 Å². The van der Waals surface area contributed by atoms with Crippen LogP contribution in [0.3, 0.4) is 0 Å². The summed E-state index contributed by atoms with van der Waals surface area (Å²) in [6.07, 6.45) is 6.32. The van der Waals surface area contributed by atoms with Crippen molar-refractivity contribution in [3.63, 3.8) is 0 Å². The lowest BCUT2D eigenvalue weighted by Crippen LogP contribution is -2.41. The summed E-state index contributed by atoms with van der Waals surface area (Å²) in [5, 5.41) is 0.361. The van der Waals surface area contributed by atoms with Gasteiger partial charge in [0.25, 0.3) is 11.5 Å². The van der Waals surface area contributed by atoms with Gasteiger partial charge < -0.3 is 24.3 Å². The molecule has 1 aliphatic heterocycles. The minimum absolute atomic E-state index is 0.0614. The molecule has 0 unspecified atom stereocenters. The molecule has 7 nitrogen and oxygen atoms in total. The van der Waals surface area contributed by atoms with Gasteiger partial charge in [-0.05, 0) is 77.9 Å². The average molecular weight is 534 g/mol. The van der Waals surface area contributed by atoms with E-state index in [9.17, 15) is 9.59 Å². The van der Waals surface area contributed by atoms with Crippen LogP contribution in [0.1, 0.15) is 52.9 Å². The number of ether oxygens (including phenoxy) is 2. The number of hydrogen-bond acceptors (Lipinski definition) is 6. The van der Waals surface area contributed by atoms with E-state index >= 15 is 0 Å². The van der Waals surface area contributed by atoms with E-state index in [4.69, 9.17) is 21.1 Å². The van der Waals surface area contributed by atoms with Crippen LogP contribution in [-0.4, -0.2) is 66.8 Å². The van der Waals surface area contributed by atoms with E-state index in [2.05, 4.69) is 24.0 Å². The van der Waals surface area contributed by atoms with Crippen molar-refractivity contribution in [1.82, 2.24) is 14.8 Å². The van der Waals surface area contributed by atoms with Crippen LogP contribution in [0, 0.1) is 19.8 Å². The molecular weight excluding hydrogens is 498 g/mol. The number of carbonyl (C=O) groups excluding carboxylic acids is 1. The second kappa shape index (κ2) is 11.1. The number of halogens is 1. The quantitative estimate of drug-likeness (QED) is 0.532. The van der Waals surface area contributed by atoms with Gasteiger partial charge in [0.05, 0.1) is 17.1 Å². The van der Waals surface area contributed by atoms with Crippen molar-refractivity contribution in [3.8, 4) is 11.5 Å². The van der Waals surface area contributed by atoms with E-state index in [-0.39, 0.29) is 24.1 Å². The minimum atomic E-state index is -0.221. The third-order valence-electron chi connectivity index (χ3n) is 7.52. The molecule has 0 spiro atoms. The van der Waals surface area contributed by atoms with Crippen LogP contribution in [0.25, 0.3) is 0 Å². The molecule has 1 amide bonds. The molecule has 2 heterocycles. The second-order valence-electron chi connectivity index (χ2n) is 10.2. The van der Waals surface area contributed by atoms with Crippen LogP contribution in [0.2, 0.25) is 5.02 Å². The van der Waals surface area contributed by atoms with E-state index in [1.165, 1.54) is 11.8 Å². The maximum Gasteiger partial charge on any atom is 0.254 e. The number of amides is 1. The highest BCUT2D eigenvalue weighted by atomic mass is 35.5. The molecular formula is C27H36ClN3O4S. The van der Waals surface area contributed by atoms with Gasteiger partial charge in [-0.3, -0.25) is 9.59 Å². The summed E-state index contributed by atoms with van der Waals surface area (Å²) < 4.78 is 12.6. The molecule has 196 valence electrons. The summed E-state index contributed by atoms with van der Waals surface area (Å²) in [7, 11) is 5.97. The monoisotopic (exact) mass is 533 g/mol. The van der Waals surface area contributed by atoms with E-state index in [1.807, 2.05) is 26.2 Å². The maximum absolute atomic E-state index is 13.5. The largest absolute Gasteiger partial charge is 0.484 e. The molecule has 1 saturated carbocycles. The zero-order valence-corrected chi connectivity index (χ0v) is 23.5. The van der Waals surface area contributed by atoms with Crippen molar-refractivity contribution in [2.24, 2.45) is 5.92 Å². The van der Waals surface area contributed by atoms with Crippen molar-refractivity contribution < 1.29 is 14.3 Å². The van der Waals surface area contributed by atoms with Crippen molar-refractivity contribution in [1.29, 1.82) is 0 Å². The smallest absolute Gasteiger partial charge is 0.254 e. The number of aromatic nitrogens is 1. The lowest BCUT2D eigenvalue weighted by atomic mass is 9.82. The van der Waals surface area contributed by atoms with E-state index in [0.717, 1.165) is 36.3 Å². The fourth-order valence-electron chi connectivity index (χ4n) is 5.31. The summed E-state index contributed by atoms with van der Waals surface area (Å²) in [5.41, 5.74) is 2.35. The molecule has 1 fully saturated rings. The number of nitrogens with one attached hydrogen (secondary N) is 1. The van der Waals surface area contributed by atoms with E-state index in [0.29, 0.717) is 51.8 Å². The molecule has 0 radical (unpaired) electrons. The standard InChI is InChI=1S/C27H36ClN3O4S/c1-15-11-23(36-6)20(26(32)29-15)13-31(5)27(33)19-12-21(28)25-24(16(19)2)35-22(14-34-25)17-7-9-18(10-8-17)30(3)4/h11-12,17-18,22H,7-10,13-14H2,1-6H3,(H,29,32)/t17?,18?,22-/m1/s1. The van der Waals surface area contributed by atoms with Crippen molar-refractivity contribution in [2.45, 2.75) is 63.1 Å². The van der Waals surface area contributed by atoms with Gasteiger partial charge in [0.1, 0.15) is 12.7 Å². The highest BCUT2D eigenvalue weighted by Crippen LogP contribution is 2.45. The fourth-order valence-corrected chi connectivity index (χ4v) is 6.25. The molecule has 1 aromatic carbocycles. The molecule has 0 saturated heterocycles. The number of aromatic amines is 1. The number of thioether (sulfide) groups is 1. The van der Waals surface area contributed by atoms with Gasteiger partial charge in [0.15, 0.2) is 11.5 Å². The Morgan fingerprint density at radius 2 is 1.83 bits per heavy atom. The number of benzene rings is 1. The number of hydrogen-bond donors (Lipinski definition) is 1. The first-order chi connectivity index (χ1) is 17.1. The number of aryl methyl sites for hydroxylation is 1. The molecule has 1 aromatic heterocycles. The Morgan fingerprint density at radius 3 is 2.47 bits per heavy atom. The second-order valence-corrected chi connectivity index (χ2v) is 11.4. The van der Waals surface area contributed by atoms with Crippen molar-refractivity contribution in [2.75, 3.05) is 34.0 Å². The zero-order chi connectivity index (χ0) is 26.1. The summed E-state index contributed by atoms with van der Waals surface area (Å²) in [6, 6.07) is 4.19. The third-order valence-corrected chi connectivity index (χ3v) is 8.60. The molecule has 36 heavy (non-hydrogen) atoms. The van der Waals surface area contributed by atoms with E-state index < -0.39 is 0 Å². The Labute approximate surface area is 222 Å². The Hall–Kier alpha value is -2.16. The van der Waals surface area contributed by atoms with Gasteiger partial charge in [0.2, 0.25) is 0 Å². The number of fused-ring (bicyclic) bond motifs is 1. The van der Waals surface area contributed by atoms with Gasteiger partial charge in [-0.15, -0.1) is 11.8 Å². The number of carbonyl (C=O) groups is 1. The highest BCUT2D eigenvalue weighted by molar-refractivity contribution is 7.98. The first kappa shape index (κ1) is 26.9. The summed E-state index contributed by atoms with van der Waals surface area (Å²) >= 11 is 8.06. The topological polar surface area (TPSA) is 74.9 Å². The first-order valence-electron chi connectivity index (χ1n) is 12.4. The normalized spacial score (nSPS) is 21.5. The van der Waals surface area contributed by atoms with Crippen LogP contribution in [-0.2, 0) is 6.54 Å². The molecule has 1 aliphatic carbocycles. The first-order valence-corrected chi connectivity index (χ1v) is 14.0. The summed E-state index contributed by atoms with van der Waals surface area (Å²) in [4.78, 5) is 33.7. The number of nitrogens with zero attached hydrogens (tertiary/aromatic N) is 2. The molecule has 9 heteroatoms. The van der Waals surface area contributed by atoms with Gasteiger partial charge in [-0.25, -0.2) is 0 Å². The van der Waals surface area contributed by atoms with Crippen LogP contribution in [0.5, 0.6) is 11.5 Å². The predicted octanol–water partition coefficient (Wildman–Crippen LogP) is 4.90. The predicted molar refractivity (Wildman–Crippen MR) is 145 cm³/mol. The van der Waals surface area contributed by atoms with Crippen LogP contribution < -0.4 is 15.0 Å². The lowest BCUT2D eigenvalue weighted by molar-refractivity contribution is 0.0239. The van der Waals surface area contributed by atoms with Crippen molar-refractivity contribution in [3.05, 3.63) is 49.9 Å². The Bertz CT molecular complexity index is 1190. The van der Waals surface area contributed by atoms with E-state index in [1.54, 1.807) is 18.0 Å². The fraction of sp³-hybridized carbons (Fsp3) is 0.556. The van der Waals surface area contributed by atoms with Gasteiger partial charge in [-0.1, -0.05) is 11.6 Å². The van der Waals surface area contributed by atoms with Gasteiger partial charge in [-0.2, -0.15) is 0 Å². The maximum atomic E-state index is 13.5. The molecule has 4 rings (SSSR count). The third kappa shape index (κ3) is 5.41. The zero-order valence-electron chi connectivity index (χ0n) is 21.9. The number of pyridine rings is 1. The summed E-state index contributed by atoms with van der Waals surface area (Å²) in [6.45, 7) is 4.37. The molecule has 2 aromatic rings. The van der Waals surface area contributed by atoms with Gasteiger partial charge >= 0.3 is 0 Å². The average Bonchev–Trinajstić information content (AvgIpc) is 2.86. The molecule has 2 aliphatic rings. The molecule has 0 bridgehead atoms. The number of H-pyrrole nitrogens is 1. The Balaban J connectivity index is 1.55.